The van der Waals surface area contributed by atoms with Gasteiger partial charge in [-0.2, -0.15) is 0 Å². The van der Waals surface area contributed by atoms with Crippen LogP contribution in [-0.2, 0) is 46.5 Å². The Bertz CT molecular complexity index is 1530. The molecule has 2 aromatic rings. The Morgan fingerprint density at radius 2 is 1.58 bits per heavy atom. The summed E-state index contributed by atoms with van der Waals surface area (Å²) in [6.45, 7) is 5.27. The van der Waals surface area contributed by atoms with Gasteiger partial charge in [0.2, 0.25) is 5.91 Å². The smallest absolute Gasteiger partial charge is 0.342 e. The Morgan fingerprint density at radius 3 is 2.25 bits per heavy atom. The quantitative estimate of drug-likeness (QED) is 0.111. The van der Waals surface area contributed by atoms with Gasteiger partial charge in [-0.1, -0.05) is 48.7 Å². The molecule has 1 saturated heterocycles. The number of hydrogen-bond acceptors (Lipinski definition) is 13. The third-order valence-corrected chi connectivity index (χ3v) is 8.58. The van der Waals surface area contributed by atoms with Gasteiger partial charge in [-0.05, 0) is 50.8 Å². The van der Waals surface area contributed by atoms with Crippen molar-refractivity contribution in [3.05, 3.63) is 58.1 Å². The van der Waals surface area contributed by atoms with E-state index in [0.29, 0.717) is 19.3 Å². The highest BCUT2D eigenvalue weighted by atomic mass is 35.5. The molecule has 1 amide bonds. The maximum absolute atomic E-state index is 13.1. The Hall–Kier alpha value is -3.79. The molecule has 0 unspecified atom stereocenters. The van der Waals surface area contributed by atoms with Crippen LogP contribution >= 0.6 is 11.6 Å². The summed E-state index contributed by atoms with van der Waals surface area (Å²) in [4.78, 5) is 49.6. The van der Waals surface area contributed by atoms with E-state index in [-0.39, 0.29) is 65.7 Å². The van der Waals surface area contributed by atoms with Crippen molar-refractivity contribution >= 4 is 35.2 Å². The SMILES string of the molecule is COc1cc(OCc2cccc(CNC(=O)CCC(=O)CCCCCCC(=O)OC(C)(C)C)c2)c(Cl)cc1C(=O)O[C@H]1[C@@H](OC)O[C@H](CO)[C@@H](O)[C@@H]1O. The maximum Gasteiger partial charge on any atom is 0.342 e. The number of carbonyl (C=O) groups is 4. The molecule has 5 atom stereocenters. The second-order valence-electron chi connectivity index (χ2n) is 13.7. The van der Waals surface area contributed by atoms with Gasteiger partial charge in [0.15, 0.2) is 12.4 Å². The number of benzene rings is 2. The topological polar surface area (TPSA) is 196 Å². The number of rotatable bonds is 20. The van der Waals surface area contributed by atoms with Gasteiger partial charge in [0.1, 0.15) is 53.4 Å². The molecule has 0 saturated carbocycles. The summed E-state index contributed by atoms with van der Waals surface area (Å²) in [7, 11) is 2.60. The van der Waals surface area contributed by atoms with Gasteiger partial charge >= 0.3 is 11.9 Å². The zero-order chi connectivity index (χ0) is 39.1. The number of unbranched alkanes of at least 4 members (excludes halogenated alkanes) is 3. The molecular weight excluding hydrogens is 714 g/mol. The minimum Gasteiger partial charge on any atom is -0.496 e. The van der Waals surface area contributed by atoms with Crippen molar-refractivity contribution in [1.82, 2.24) is 5.32 Å². The summed E-state index contributed by atoms with van der Waals surface area (Å²) in [5, 5.41) is 33.1. The second-order valence-corrected chi connectivity index (χ2v) is 14.1. The minimum atomic E-state index is -1.61. The summed E-state index contributed by atoms with van der Waals surface area (Å²) in [5.74, 6) is -1.09. The van der Waals surface area contributed by atoms with Crippen molar-refractivity contribution in [1.29, 1.82) is 0 Å². The van der Waals surface area contributed by atoms with Gasteiger partial charge in [-0.25, -0.2) is 4.79 Å². The maximum atomic E-state index is 13.1. The fraction of sp³-hybridized carbons (Fsp3) is 0.579. The van der Waals surface area contributed by atoms with Gasteiger partial charge in [0, 0.05) is 45.4 Å². The van der Waals surface area contributed by atoms with Crippen molar-refractivity contribution in [2.75, 3.05) is 20.8 Å². The summed E-state index contributed by atoms with van der Waals surface area (Å²) in [5.41, 5.74) is 1.01. The van der Waals surface area contributed by atoms with Crippen LogP contribution in [0.3, 0.4) is 0 Å². The van der Waals surface area contributed by atoms with Gasteiger partial charge in [0.25, 0.3) is 0 Å². The average Bonchev–Trinajstić information content (AvgIpc) is 3.12. The lowest BCUT2D eigenvalue weighted by Crippen LogP contribution is -2.60. The van der Waals surface area contributed by atoms with E-state index >= 15 is 0 Å². The lowest BCUT2D eigenvalue weighted by Gasteiger charge is -2.40. The standard InChI is InChI=1S/C38H52ClNO13/c1-38(2,3)53-32(44)14-9-7-6-8-13-25(42)15-16-31(43)40-20-23-11-10-12-24(17-23)22-50-29-19-28(48-4)26(18-27(29)39)36(47)52-35-34(46)33(45)30(21-41)51-37(35)49-5/h10-12,17-19,30,33-35,37,41,45-46H,6-9,13-16,20-22H2,1-5H3,(H,40,43)/t30-,33-,34+,35-,37+/m1/s1. The third-order valence-electron chi connectivity index (χ3n) is 8.29. The minimum absolute atomic E-state index is 0.0285. The number of halogens is 1. The first kappa shape index (κ1) is 43.6. The summed E-state index contributed by atoms with van der Waals surface area (Å²) >= 11 is 6.46. The summed E-state index contributed by atoms with van der Waals surface area (Å²) in [6.07, 6.45) is -2.84. The van der Waals surface area contributed by atoms with Gasteiger partial charge in [0.05, 0.1) is 18.7 Å². The summed E-state index contributed by atoms with van der Waals surface area (Å²) in [6, 6.07) is 10.0. The van der Waals surface area contributed by atoms with Crippen LogP contribution in [0.25, 0.3) is 0 Å². The monoisotopic (exact) mass is 765 g/mol. The van der Waals surface area contributed by atoms with Crippen LogP contribution in [0.15, 0.2) is 36.4 Å². The van der Waals surface area contributed by atoms with Crippen LogP contribution < -0.4 is 14.8 Å². The van der Waals surface area contributed by atoms with Gasteiger partial charge in [-0.3, -0.25) is 14.4 Å². The fourth-order valence-electron chi connectivity index (χ4n) is 5.53. The van der Waals surface area contributed by atoms with Crippen LogP contribution in [-0.4, -0.2) is 96.1 Å². The van der Waals surface area contributed by atoms with E-state index in [1.165, 1.54) is 26.4 Å². The second kappa shape index (κ2) is 21.2. The average molecular weight is 766 g/mol. The van der Waals surface area contributed by atoms with Crippen LogP contribution in [0.4, 0.5) is 0 Å². The lowest BCUT2D eigenvalue weighted by atomic mass is 9.99. The number of carbonyl (C=O) groups excluding carboxylic acids is 4. The molecule has 53 heavy (non-hydrogen) atoms. The molecule has 4 N–H and O–H groups in total. The Labute approximate surface area is 315 Å². The molecule has 0 spiro atoms. The molecule has 0 aromatic heterocycles. The first-order valence-electron chi connectivity index (χ1n) is 17.6. The van der Waals surface area contributed by atoms with E-state index in [2.05, 4.69) is 5.32 Å². The van der Waals surface area contributed by atoms with Crippen LogP contribution in [0.2, 0.25) is 5.02 Å². The molecule has 0 radical (unpaired) electrons. The molecule has 2 aromatic carbocycles. The number of Topliss-reactive ketones (excluding diaryl/α,β-unsaturated/α-hetero) is 1. The largest absolute Gasteiger partial charge is 0.496 e. The van der Waals surface area contributed by atoms with E-state index in [1.807, 2.05) is 45.0 Å². The number of methoxy groups -OCH3 is 2. The fourth-order valence-corrected chi connectivity index (χ4v) is 5.75. The molecular formula is C38H52ClNO13. The zero-order valence-corrected chi connectivity index (χ0v) is 31.7. The molecule has 3 rings (SSSR count). The van der Waals surface area contributed by atoms with E-state index < -0.39 is 48.9 Å². The normalized spacial score (nSPS) is 20.0. The molecule has 294 valence electrons. The highest BCUT2D eigenvalue weighted by Crippen LogP contribution is 2.35. The van der Waals surface area contributed by atoms with Crippen molar-refractivity contribution in [3.8, 4) is 11.5 Å². The molecule has 0 bridgehead atoms. The molecule has 1 fully saturated rings. The van der Waals surface area contributed by atoms with Crippen LogP contribution in [0.1, 0.15) is 93.6 Å². The molecule has 1 heterocycles. The van der Waals surface area contributed by atoms with Gasteiger partial charge in [-0.15, -0.1) is 0 Å². The predicted octanol–water partition coefficient (Wildman–Crippen LogP) is 4.19. The Morgan fingerprint density at radius 1 is 0.887 bits per heavy atom. The van der Waals surface area contributed by atoms with Crippen molar-refractivity contribution in [3.63, 3.8) is 0 Å². The number of hydrogen-bond donors (Lipinski definition) is 4. The molecule has 0 aliphatic carbocycles. The molecule has 15 heteroatoms. The van der Waals surface area contributed by atoms with E-state index in [1.54, 1.807) is 0 Å². The molecule has 14 nitrogen and oxygen atoms in total. The Kier molecular flexibility index (Phi) is 17.4. The number of esters is 2. The zero-order valence-electron chi connectivity index (χ0n) is 30.9. The number of amides is 1. The molecule has 1 aliphatic heterocycles. The number of ether oxygens (including phenoxy) is 6. The number of aliphatic hydroxyl groups is 3. The highest BCUT2D eigenvalue weighted by Gasteiger charge is 2.47. The van der Waals surface area contributed by atoms with E-state index in [0.717, 1.165) is 30.4 Å². The van der Waals surface area contributed by atoms with Crippen LogP contribution in [0.5, 0.6) is 11.5 Å². The highest BCUT2D eigenvalue weighted by molar-refractivity contribution is 6.32. The van der Waals surface area contributed by atoms with E-state index in [4.69, 9.17) is 40.0 Å². The van der Waals surface area contributed by atoms with Crippen molar-refractivity contribution < 1.29 is 62.9 Å². The van der Waals surface area contributed by atoms with Gasteiger partial charge < -0.3 is 49.1 Å². The first-order chi connectivity index (χ1) is 25.1. The Balaban J connectivity index is 1.44. The van der Waals surface area contributed by atoms with Crippen LogP contribution in [0, 0.1) is 0 Å². The van der Waals surface area contributed by atoms with Crippen molar-refractivity contribution in [2.24, 2.45) is 0 Å². The summed E-state index contributed by atoms with van der Waals surface area (Å²) < 4.78 is 32.6. The lowest BCUT2D eigenvalue weighted by molar-refractivity contribution is -0.293. The predicted molar refractivity (Wildman–Crippen MR) is 192 cm³/mol. The number of aliphatic hydroxyl groups excluding tert-OH is 3. The third kappa shape index (κ3) is 14.2. The first-order valence-corrected chi connectivity index (χ1v) is 18.0. The van der Waals surface area contributed by atoms with Crippen molar-refractivity contribution in [2.45, 2.75) is 122 Å². The van der Waals surface area contributed by atoms with E-state index in [9.17, 15) is 34.5 Å². The number of ketones is 1. The number of nitrogens with one attached hydrogen (secondary N) is 1. The molecule has 1 aliphatic rings.